The number of hydrogen-bond donors (Lipinski definition) is 6. The lowest BCUT2D eigenvalue weighted by molar-refractivity contribution is -0.111. The highest BCUT2D eigenvalue weighted by atomic mass is 32.5. The van der Waals surface area contributed by atoms with Crippen LogP contribution < -0.4 is 17.0 Å². The first kappa shape index (κ1) is 28.7. The Morgan fingerprint density at radius 2 is 1.93 bits per heavy atom. The lowest BCUT2D eigenvalue weighted by atomic mass is 10.0. The number of nitrogens with two attached hydrogens (primary N) is 2. The minimum absolute atomic E-state index is 0.00397. The molecule has 0 aliphatic carbocycles. The Bertz CT molecular complexity index is 1750. The average molecular weight is 633 g/mol. The van der Waals surface area contributed by atoms with Crippen LogP contribution in [0, 0.1) is 0 Å². The molecule has 0 radical (unpaired) electrons. The van der Waals surface area contributed by atoms with Crippen LogP contribution >= 0.6 is 6.49 Å². The third-order valence-corrected chi connectivity index (χ3v) is 10.00. The van der Waals surface area contributed by atoms with Gasteiger partial charge in [0.2, 0.25) is 5.95 Å². The van der Waals surface area contributed by atoms with Gasteiger partial charge in [-0.05, 0) is 18.2 Å². The molecule has 23 heteroatoms. The van der Waals surface area contributed by atoms with Gasteiger partial charge in [0.1, 0.15) is 30.8 Å². The summed E-state index contributed by atoms with van der Waals surface area (Å²) in [5.41, 5.74) is 7.40. The number of aromatic amines is 1. The standard InChI is InChI=1S/C19H23F2N12O7PS/c20-3-19(4-34)1-7(16(40-19)33-14-10(29-31-33)15(36)27-18(23)26-14)41(37,42)38-2-6-11(35)8(21)17(39-6)32-13-9(28-30-32)12(22)24-5-25-13/h5-8,11,16-17,34-35H,1-4H2,(H,37,42)(H2,22,24,25)(H3,23,26,27,36)/t6-,7-,8+,11-,16-,17-,19-,41?/m1/s1. The van der Waals surface area contributed by atoms with Crippen molar-refractivity contribution >= 4 is 52.4 Å². The van der Waals surface area contributed by atoms with Crippen LogP contribution in [-0.2, 0) is 25.8 Å². The molecule has 4 aromatic heterocycles. The number of nitrogens with zero attached hydrogens (tertiary/aromatic N) is 9. The van der Waals surface area contributed by atoms with Crippen LogP contribution in [0.2, 0.25) is 0 Å². The van der Waals surface area contributed by atoms with Crippen LogP contribution in [0.5, 0.6) is 0 Å². The smallest absolute Gasteiger partial charge is 0.282 e. The molecule has 8 atom stereocenters. The van der Waals surface area contributed by atoms with E-state index in [0.29, 0.717) is 0 Å². The summed E-state index contributed by atoms with van der Waals surface area (Å²) < 4.78 is 48.3. The molecular weight excluding hydrogens is 609 g/mol. The number of nitrogens with one attached hydrogen (secondary N) is 1. The summed E-state index contributed by atoms with van der Waals surface area (Å²) in [6.07, 6.45) is -7.24. The lowest BCUT2D eigenvalue weighted by Gasteiger charge is -2.27. The van der Waals surface area contributed by atoms with Gasteiger partial charge in [-0.25, -0.2) is 18.7 Å². The van der Waals surface area contributed by atoms with Crippen molar-refractivity contribution in [1.82, 2.24) is 49.9 Å². The zero-order valence-corrected chi connectivity index (χ0v) is 22.8. The van der Waals surface area contributed by atoms with E-state index in [9.17, 15) is 24.3 Å². The molecule has 6 rings (SSSR count). The fraction of sp³-hybridized carbons (Fsp3) is 0.579. The minimum Gasteiger partial charge on any atom is -0.393 e. The summed E-state index contributed by atoms with van der Waals surface area (Å²) >= 11 is 5.41. The third-order valence-electron chi connectivity index (χ3n) is 7.07. The summed E-state index contributed by atoms with van der Waals surface area (Å²) in [5.74, 6) is -0.273. The fourth-order valence-corrected chi connectivity index (χ4v) is 7.22. The second kappa shape index (κ2) is 10.4. The summed E-state index contributed by atoms with van der Waals surface area (Å²) in [6, 6.07) is 0. The number of nitrogen functional groups attached to an aromatic ring is 2. The molecule has 8 N–H and O–H groups in total. The van der Waals surface area contributed by atoms with Gasteiger partial charge < -0.3 is 40.6 Å². The van der Waals surface area contributed by atoms with E-state index in [1.807, 2.05) is 0 Å². The molecule has 2 aliphatic rings. The first-order chi connectivity index (χ1) is 20.0. The van der Waals surface area contributed by atoms with E-state index >= 15 is 4.39 Å². The predicted octanol–water partition coefficient (Wildman–Crippen LogP) is -2.18. The number of aliphatic hydroxyl groups excluding tert-OH is 2. The molecule has 2 fully saturated rings. The van der Waals surface area contributed by atoms with Crippen LogP contribution in [0.25, 0.3) is 22.3 Å². The molecule has 4 aromatic rings. The molecule has 6 heterocycles. The first-order valence-electron chi connectivity index (χ1n) is 12.2. The van der Waals surface area contributed by atoms with Crippen LogP contribution in [-0.4, -0.2) is 115 Å². The molecule has 0 bridgehead atoms. The number of alkyl halides is 2. The van der Waals surface area contributed by atoms with Gasteiger partial charge in [0, 0.05) is 0 Å². The monoisotopic (exact) mass is 632 g/mol. The molecule has 1 unspecified atom stereocenters. The maximum Gasteiger partial charge on any atom is 0.282 e. The van der Waals surface area contributed by atoms with E-state index in [4.69, 9.17) is 37.3 Å². The van der Waals surface area contributed by atoms with Crippen LogP contribution in [0.1, 0.15) is 18.9 Å². The van der Waals surface area contributed by atoms with Crippen molar-refractivity contribution in [2.75, 3.05) is 31.4 Å². The van der Waals surface area contributed by atoms with Gasteiger partial charge in [-0.2, -0.15) is 14.3 Å². The van der Waals surface area contributed by atoms with E-state index in [1.165, 1.54) is 0 Å². The van der Waals surface area contributed by atoms with Gasteiger partial charge in [0.15, 0.2) is 53.3 Å². The molecule has 0 spiro atoms. The first-order valence-corrected chi connectivity index (χ1v) is 14.9. The SMILES string of the molecule is Nc1nc2c(nnn2[C@@H]2O[C@@](CO)(CF)C[C@H]2P(O)(=S)OC[C@H]2O[C@@H](n3nnc4c(N)ncnc43)[C@@H](F)[C@@H]2O)c(=O)[nH]1. The Morgan fingerprint density at radius 1 is 1.21 bits per heavy atom. The number of H-pyrrole nitrogens is 1. The molecule has 226 valence electrons. The van der Waals surface area contributed by atoms with E-state index in [-0.39, 0.29) is 40.5 Å². The number of aliphatic hydroxyl groups is 2. The average Bonchev–Trinajstić information content (AvgIpc) is 3.73. The van der Waals surface area contributed by atoms with Crippen molar-refractivity contribution in [3.8, 4) is 0 Å². The largest absolute Gasteiger partial charge is 0.393 e. The van der Waals surface area contributed by atoms with Gasteiger partial charge in [-0.3, -0.25) is 9.78 Å². The normalized spacial score (nSPS) is 31.3. The summed E-state index contributed by atoms with van der Waals surface area (Å²) in [4.78, 5) is 37.7. The van der Waals surface area contributed by atoms with E-state index < -0.39 is 74.0 Å². The van der Waals surface area contributed by atoms with E-state index in [2.05, 4.69) is 40.6 Å². The molecule has 0 amide bonds. The quantitative estimate of drug-likeness (QED) is 0.113. The second-order valence-corrected chi connectivity index (χ2v) is 13.4. The van der Waals surface area contributed by atoms with Crippen LogP contribution in [0.3, 0.4) is 0 Å². The summed E-state index contributed by atoms with van der Waals surface area (Å²) in [6.45, 7) is -6.64. The maximum absolute atomic E-state index is 15.2. The van der Waals surface area contributed by atoms with Gasteiger partial charge in [-0.15, -0.1) is 10.2 Å². The van der Waals surface area contributed by atoms with Crippen molar-refractivity contribution in [1.29, 1.82) is 0 Å². The molecule has 2 aliphatic heterocycles. The third kappa shape index (κ3) is 4.59. The number of ether oxygens (including phenoxy) is 2. The zero-order valence-electron chi connectivity index (χ0n) is 21.1. The number of fused-ring (bicyclic) bond motifs is 2. The van der Waals surface area contributed by atoms with Crippen LogP contribution in [0.4, 0.5) is 20.5 Å². The number of hydrogen-bond acceptors (Lipinski definition) is 16. The highest BCUT2D eigenvalue weighted by Gasteiger charge is 2.55. The molecule has 42 heavy (non-hydrogen) atoms. The highest BCUT2D eigenvalue weighted by molar-refractivity contribution is 8.09. The molecule has 0 saturated carbocycles. The van der Waals surface area contributed by atoms with Crippen molar-refractivity contribution in [3.05, 3.63) is 16.7 Å². The Balaban J connectivity index is 1.26. The van der Waals surface area contributed by atoms with Gasteiger partial charge in [0.25, 0.3) is 5.56 Å². The summed E-state index contributed by atoms with van der Waals surface area (Å²) in [7, 11) is 0. The Labute approximate surface area is 237 Å². The number of anilines is 2. The topological polar surface area (TPSA) is 273 Å². The molecular formula is C19H23F2N12O7PS. The molecule has 19 nitrogen and oxygen atoms in total. The Morgan fingerprint density at radius 3 is 2.64 bits per heavy atom. The van der Waals surface area contributed by atoms with Gasteiger partial charge in [0.05, 0.1) is 18.9 Å². The zero-order chi connectivity index (χ0) is 30.0. The Hall–Kier alpha value is -3.37. The molecule has 2 saturated heterocycles. The Kier molecular flexibility index (Phi) is 7.13. The maximum atomic E-state index is 15.2. The van der Waals surface area contributed by atoms with Crippen molar-refractivity contribution in [2.24, 2.45) is 0 Å². The van der Waals surface area contributed by atoms with Crippen molar-refractivity contribution in [2.45, 2.75) is 48.5 Å². The van der Waals surface area contributed by atoms with Crippen molar-refractivity contribution in [3.63, 3.8) is 0 Å². The van der Waals surface area contributed by atoms with E-state index in [1.54, 1.807) is 0 Å². The van der Waals surface area contributed by atoms with Crippen LogP contribution in [0.15, 0.2) is 11.1 Å². The fourth-order valence-electron chi connectivity index (χ4n) is 4.88. The molecule has 0 aromatic carbocycles. The lowest BCUT2D eigenvalue weighted by Crippen LogP contribution is -2.36. The second-order valence-electron chi connectivity index (χ2n) is 9.74. The highest BCUT2D eigenvalue weighted by Crippen LogP contribution is 2.59. The van der Waals surface area contributed by atoms with Crippen molar-refractivity contribution < 1.29 is 37.9 Å². The number of aromatic nitrogens is 10. The number of rotatable bonds is 8. The van der Waals surface area contributed by atoms with Gasteiger partial charge in [-0.1, -0.05) is 10.4 Å². The number of halogens is 2. The summed E-state index contributed by atoms with van der Waals surface area (Å²) in [5, 5.41) is 35.7. The van der Waals surface area contributed by atoms with Gasteiger partial charge >= 0.3 is 0 Å². The predicted molar refractivity (Wildman–Crippen MR) is 139 cm³/mol. The minimum atomic E-state index is -4.06. The van der Waals surface area contributed by atoms with E-state index in [0.717, 1.165) is 15.7 Å².